The molecule has 1 aromatic heterocycles. The number of carbonyl (C=O) groups is 1. The van der Waals surface area contributed by atoms with E-state index in [1.807, 2.05) is 30.3 Å². The molecule has 46 heavy (non-hydrogen) atoms. The lowest BCUT2D eigenvalue weighted by Gasteiger charge is -2.34. The van der Waals surface area contributed by atoms with Crippen LogP contribution >= 0.6 is 23.2 Å². The van der Waals surface area contributed by atoms with Crippen LogP contribution in [0.1, 0.15) is 61.6 Å². The third-order valence-electron chi connectivity index (χ3n) is 10.3. The molecule has 3 fully saturated rings. The second-order valence-electron chi connectivity index (χ2n) is 13.3. The molecule has 3 aliphatic heterocycles. The number of rotatable bonds is 11. The maximum atomic E-state index is 12.7. The molecule has 7 rings (SSSR count). The van der Waals surface area contributed by atoms with E-state index in [2.05, 4.69) is 62.3 Å². The number of unbranched alkanes of at least 4 members (excludes halogenated alkanes) is 1. The molecular weight excluding hydrogens is 613 g/mol. The number of carbonyl (C=O) groups excluding carboxylic acids is 1. The van der Waals surface area contributed by atoms with Crippen LogP contribution in [0.5, 0.6) is 0 Å². The Bertz CT molecular complexity index is 1730. The van der Waals surface area contributed by atoms with Gasteiger partial charge in [-0.3, -0.25) is 14.6 Å². The van der Waals surface area contributed by atoms with E-state index in [1.165, 1.54) is 34.9 Å². The van der Waals surface area contributed by atoms with Gasteiger partial charge >= 0.3 is 0 Å². The Labute approximate surface area is 281 Å². The molecule has 0 radical (unpaired) electrons. The predicted molar refractivity (Wildman–Crippen MR) is 186 cm³/mol. The third-order valence-corrected chi connectivity index (χ3v) is 11.0. The molecule has 0 aliphatic carbocycles. The lowest BCUT2D eigenvalue weighted by atomic mass is 9.98. The minimum atomic E-state index is 0.0531. The summed E-state index contributed by atoms with van der Waals surface area (Å²) >= 11 is 13.0. The standard InChI is InChI=1S/C38H41Cl2N5O/c39-34-6-5-7-35(40)33(34)25-45-23-29-19-30(45)22-44(29)21-27-12-15-37-31(18-27)32(28-13-10-26(20-41)11-14-28)24-43(37)17-4-2-9-38(46)36-8-1-3-16-42-36/h5-7,10-15,18,24,29-30,36,42H,1-4,8-9,16-17,19,21-23,25H2. The lowest BCUT2D eigenvalue weighted by molar-refractivity contribution is -0.121. The van der Waals surface area contributed by atoms with Crippen LogP contribution in [0.4, 0.5) is 0 Å². The molecular formula is C38H41Cl2N5O. The first-order valence-corrected chi connectivity index (χ1v) is 17.5. The van der Waals surface area contributed by atoms with E-state index in [-0.39, 0.29) is 6.04 Å². The summed E-state index contributed by atoms with van der Waals surface area (Å²) in [5, 5.41) is 15.5. The van der Waals surface area contributed by atoms with Crippen LogP contribution in [-0.2, 0) is 24.4 Å². The summed E-state index contributed by atoms with van der Waals surface area (Å²) < 4.78 is 2.35. The normalized spacial score (nSPS) is 21.6. The molecule has 3 aliphatic rings. The molecule has 3 aromatic carbocycles. The van der Waals surface area contributed by atoms with E-state index in [0.29, 0.717) is 29.9 Å². The van der Waals surface area contributed by atoms with Crippen LogP contribution in [-0.4, -0.2) is 57.9 Å². The minimum absolute atomic E-state index is 0.0531. The summed E-state index contributed by atoms with van der Waals surface area (Å²) in [6, 6.07) is 23.9. The van der Waals surface area contributed by atoms with Crippen LogP contribution in [0.2, 0.25) is 10.0 Å². The van der Waals surface area contributed by atoms with Gasteiger partial charge in [0.2, 0.25) is 0 Å². The first-order valence-electron chi connectivity index (χ1n) is 16.8. The Balaban J connectivity index is 1.05. The molecule has 6 nitrogen and oxygen atoms in total. The van der Waals surface area contributed by atoms with Gasteiger partial charge in [0.15, 0.2) is 0 Å². The van der Waals surface area contributed by atoms with Gasteiger partial charge in [-0.15, -0.1) is 0 Å². The maximum absolute atomic E-state index is 12.7. The maximum Gasteiger partial charge on any atom is 0.149 e. The summed E-state index contributed by atoms with van der Waals surface area (Å²) in [7, 11) is 0. The van der Waals surface area contributed by atoms with Crippen molar-refractivity contribution in [3.63, 3.8) is 0 Å². The zero-order valence-electron chi connectivity index (χ0n) is 26.2. The molecule has 2 bridgehead atoms. The number of fused-ring (bicyclic) bond motifs is 3. The van der Waals surface area contributed by atoms with Crippen LogP contribution in [0.15, 0.2) is 66.9 Å². The summed E-state index contributed by atoms with van der Waals surface area (Å²) in [6.07, 6.45) is 9.24. The predicted octanol–water partition coefficient (Wildman–Crippen LogP) is 7.83. The number of aromatic nitrogens is 1. The number of aryl methyl sites for hydroxylation is 1. The quantitative estimate of drug-likeness (QED) is 0.167. The van der Waals surface area contributed by atoms with Crippen molar-refractivity contribution in [1.82, 2.24) is 19.7 Å². The first-order chi connectivity index (χ1) is 22.5. The zero-order valence-corrected chi connectivity index (χ0v) is 27.7. The molecule has 1 N–H and O–H groups in total. The number of benzene rings is 3. The van der Waals surface area contributed by atoms with Crippen molar-refractivity contribution in [2.24, 2.45) is 0 Å². The molecule has 4 aromatic rings. The highest BCUT2D eigenvalue weighted by Crippen LogP contribution is 2.37. The van der Waals surface area contributed by atoms with Crippen molar-refractivity contribution in [3.8, 4) is 17.2 Å². The number of likely N-dealkylation sites (tertiary alicyclic amines) is 2. The summed E-state index contributed by atoms with van der Waals surface area (Å²) in [6.45, 7) is 5.63. The Morgan fingerprint density at radius 3 is 2.39 bits per heavy atom. The van der Waals surface area contributed by atoms with Crippen LogP contribution in [0.25, 0.3) is 22.0 Å². The zero-order chi connectivity index (χ0) is 31.6. The van der Waals surface area contributed by atoms with Gasteiger partial charge < -0.3 is 9.88 Å². The lowest BCUT2D eigenvalue weighted by Crippen LogP contribution is -2.45. The minimum Gasteiger partial charge on any atom is -0.347 e. The van der Waals surface area contributed by atoms with E-state index in [0.717, 1.165) is 86.1 Å². The monoisotopic (exact) mass is 653 g/mol. The number of hydrogen-bond acceptors (Lipinski definition) is 5. The molecule has 0 saturated carbocycles. The fraction of sp³-hybridized carbons (Fsp3) is 0.421. The number of nitriles is 1. The third kappa shape index (κ3) is 6.63. The van der Waals surface area contributed by atoms with E-state index in [9.17, 15) is 10.1 Å². The molecule has 0 amide bonds. The van der Waals surface area contributed by atoms with E-state index >= 15 is 0 Å². The van der Waals surface area contributed by atoms with E-state index < -0.39 is 0 Å². The molecule has 8 heteroatoms. The molecule has 3 atom stereocenters. The highest BCUT2D eigenvalue weighted by molar-refractivity contribution is 6.36. The molecule has 4 heterocycles. The first kappa shape index (κ1) is 31.4. The van der Waals surface area contributed by atoms with E-state index in [1.54, 1.807) is 0 Å². The number of halogens is 2. The number of Topliss-reactive ketones (excluding diaryl/α,β-unsaturated/α-hetero) is 1. The summed E-state index contributed by atoms with van der Waals surface area (Å²) in [4.78, 5) is 17.9. The summed E-state index contributed by atoms with van der Waals surface area (Å²) in [5.41, 5.74) is 6.54. The number of nitrogens with zero attached hydrogens (tertiary/aromatic N) is 4. The number of nitrogens with one attached hydrogen (secondary N) is 1. The van der Waals surface area contributed by atoms with Gasteiger partial charge in [-0.1, -0.05) is 53.9 Å². The van der Waals surface area contributed by atoms with Crippen molar-refractivity contribution in [2.75, 3.05) is 19.6 Å². The SMILES string of the molecule is N#Cc1ccc(-c2cn(CCCCC(=O)C3CCCCN3)c3ccc(CN4CC5CC4CN5Cc4c(Cl)cccc4Cl)cc23)cc1. The van der Waals surface area contributed by atoms with Crippen LogP contribution < -0.4 is 5.32 Å². The molecule has 0 spiro atoms. The van der Waals surface area contributed by atoms with Gasteiger partial charge in [0.05, 0.1) is 17.7 Å². The van der Waals surface area contributed by atoms with E-state index in [4.69, 9.17) is 23.2 Å². The fourth-order valence-electron chi connectivity index (χ4n) is 7.80. The number of piperidine rings is 1. The molecule has 3 unspecified atom stereocenters. The topological polar surface area (TPSA) is 64.3 Å². The van der Waals surface area contributed by atoms with Gasteiger partial charge in [-0.25, -0.2) is 0 Å². The number of hydrogen-bond donors (Lipinski definition) is 1. The van der Waals surface area contributed by atoms with Gasteiger partial charge in [0.25, 0.3) is 0 Å². The number of ketones is 1. The smallest absolute Gasteiger partial charge is 0.149 e. The molecule has 238 valence electrons. The summed E-state index contributed by atoms with van der Waals surface area (Å²) in [5.74, 6) is 0.367. The van der Waals surface area contributed by atoms with Crippen LogP contribution in [0, 0.1) is 11.3 Å². The fourth-order valence-corrected chi connectivity index (χ4v) is 8.32. The van der Waals surface area contributed by atoms with Gasteiger partial charge in [0.1, 0.15) is 5.78 Å². The average Bonchev–Trinajstić information content (AvgIpc) is 3.78. The van der Waals surface area contributed by atoms with Crippen molar-refractivity contribution in [1.29, 1.82) is 5.26 Å². The highest BCUT2D eigenvalue weighted by atomic mass is 35.5. The Morgan fingerprint density at radius 2 is 1.70 bits per heavy atom. The van der Waals surface area contributed by atoms with Gasteiger partial charge in [0, 0.05) is 89.5 Å². The van der Waals surface area contributed by atoms with Gasteiger partial charge in [-0.05, 0) is 86.2 Å². The van der Waals surface area contributed by atoms with Crippen LogP contribution in [0.3, 0.4) is 0 Å². The Hall–Kier alpha value is -3.18. The van der Waals surface area contributed by atoms with Crippen molar-refractivity contribution < 1.29 is 4.79 Å². The van der Waals surface area contributed by atoms with Crippen molar-refractivity contribution in [2.45, 2.75) is 82.7 Å². The largest absolute Gasteiger partial charge is 0.347 e. The number of piperazine rings is 1. The molecule has 3 saturated heterocycles. The average molecular weight is 655 g/mol. The second-order valence-corrected chi connectivity index (χ2v) is 14.1. The van der Waals surface area contributed by atoms with Crippen molar-refractivity contribution in [3.05, 3.63) is 93.6 Å². The Morgan fingerprint density at radius 1 is 0.935 bits per heavy atom. The van der Waals surface area contributed by atoms with Gasteiger partial charge in [-0.2, -0.15) is 5.26 Å². The Kier molecular flexibility index (Phi) is 9.49. The highest BCUT2D eigenvalue weighted by Gasteiger charge is 2.43. The van der Waals surface area contributed by atoms with Crippen molar-refractivity contribution >= 4 is 39.9 Å². The second kappa shape index (κ2) is 13.9.